The largest absolute Gasteiger partial charge is 0.468 e. The molecule has 2 atom stereocenters. The lowest BCUT2D eigenvalue weighted by molar-refractivity contribution is 0.113. The average molecular weight is 278 g/mol. The lowest BCUT2D eigenvalue weighted by Crippen LogP contribution is -2.39. The minimum Gasteiger partial charge on any atom is -0.468 e. The molecule has 1 aliphatic rings. The molecule has 0 spiro atoms. The van der Waals surface area contributed by atoms with Gasteiger partial charge in [0.15, 0.2) is 0 Å². The van der Waals surface area contributed by atoms with Gasteiger partial charge in [0.1, 0.15) is 5.76 Å². The second-order valence-corrected chi connectivity index (χ2v) is 6.84. The molecule has 1 aliphatic heterocycles. The molecular formula is C17H30N2O. The Morgan fingerprint density at radius 2 is 2.20 bits per heavy atom. The number of likely N-dealkylation sites (tertiary alicyclic amines) is 1. The summed E-state index contributed by atoms with van der Waals surface area (Å²) in [6, 6.07) is 2.78. The first-order chi connectivity index (χ1) is 9.56. The van der Waals surface area contributed by atoms with E-state index in [1.165, 1.54) is 24.9 Å². The van der Waals surface area contributed by atoms with Crippen LogP contribution in [0, 0.1) is 11.8 Å². The van der Waals surface area contributed by atoms with E-state index in [0.717, 1.165) is 31.3 Å². The van der Waals surface area contributed by atoms with Gasteiger partial charge < -0.3 is 9.73 Å². The van der Waals surface area contributed by atoms with E-state index >= 15 is 0 Å². The molecule has 2 unspecified atom stereocenters. The summed E-state index contributed by atoms with van der Waals surface area (Å²) in [5.41, 5.74) is 1.32. The SMILES string of the molecule is CC(C)CNCc1ccoc1CN1CCC(C)CC1C. The van der Waals surface area contributed by atoms with Gasteiger partial charge >= 0.3 is 0 Å². The Labute approximate surface area is 123 Å². The molecule has 0 aromatic carbocycles. The Morgan fingerprint density at radius 1 is 1.40 bits per heavy atom. The average Bonchev–Trinajstić information content (AvgIpc) is 2.80. The Bertz CT molecular complexity index is 399. The van der Waals surface area contributed by atoms with Crippen molar-refractivity contribution >= 4 is 0 Å². The molecule has 1 N–H and O–H groups in total. The van der Waals surface area contributed by atoms with E-state index < -0.39 is 0 Å². The maximum Gasteiger partial charge on any atom is 0.122 e. The van der Waals surface area contributed by atoms with Gasteiger partial charge in [0, 0.05) is 18.2 Å². The van der Waals surface area contributed by atoms with Gasteiger partial charge in [-0.05, 0) is 50.8 Å². The molecular weight excluding hydrogens is 248 g/mol. The van der Waals surface area contributed by atoms with Gasteiger partial charge in [-0.25, -0.2) is 0 Å². The molecule has 0 radical (unpaired) electrons. The zero-order chi connectivity index (χ0) is 14.5. The van der Waals surface area contributed by atoms with E-state index in [2.05, 4.69) is 44.0 Å². The summed E-state index contributed by atoms with van der Waals surface area (Å²) in [5.74, 6) is 2.70. The zero-order valence-corrected chi connectivity index (χ0v) is 13.5. The third-order valence-corrected chi connectivity index (χ3v) is 4.33. The van der Waals surface area contributed by atoms with Crippen LogP contribution in [-0.2, 0) is 13.1 Å². The molecule has 20 heavy (non-hydrogen) atoms. The molecule has 1 aromatic rings. The molecule has 3 heteroatoms. The summed E-state index contributed by atoms with van der Waals surface area (Å²) >= 11 is 0. The van der Waals surface area contributed by atoms with Gasteiger partial charge in [0.2, 0.25) is 0 Å². The predicted molar refractivity (Wildman–Crippen MR) is 83.5 cm³/mol. The highest BCUT2D eigenvalue weighted by atomic mass is 16.3. The van der Waals surface area contributed by atoms with Crippen molar-refractivity contribution in [1.29, 1.82) is 0 Å². The molecule has 114 valence electrons. The normalized spacial score (nSPS) is 24.4. The van der Waals surface area contributed by atoms with Crippen LogP contribution in [0.2, 0.25) is 0 Å². The van der Waals surface area contributed by atoms with Crippen LogP contribution in [0.4, 0.5) is 0 Å². The van der Waals surface area contributed by atoms with Gasteiger partial charge in [-0.3, -0.25) is 4.90 Å². The van der Waals surface area contributed by atoms with Crippen LogP contribution < -0.4 is 5.32 Å². The quantitative estimate of drug-likeness (QED) is 0.861. The van der Waals surface area contributed by atoms with Crippen molar-refractivity contribution < 1.29 is 4.42 Å². The van der Waals surface area contributed by atoms with E-state index in [4.69, 9.17) is 4.42 Å². The van der Waals surface area contributed by atoms with Crippen molar-refractivity contribution in [2.24, 2.45) is 11.8 Å². The van der Waals surface area contributed by atoms with Gasteiger partial charge in [-0.1, -0.05) is 20.8 Å². The number of piperidine rings is 1. The van der Waals surface area contributed by atoms with Crippen LogP contribution in [0.3, 0.4) is 0 Å². The van der Waals surface area contributed by atoms with E-state index in [1.54, 1.807) is 0 Å². The first kappa shape index (κ1) is 15.6. The fourth-order valence-electron chi connectivity index (χ4n) is 3.03. The highest BCUT2D eigenvalue weighted by Gasteiger charge is 2.24. The molecule has 3 nitrogen and oxygen atoms in total. The summed E-state index contributed by atoms with van der Waals surface area (Å²) in [7, 11) is 0. The van der Waals surface area contributed by atoms with E-state index in [0.29, 0.717) is 12.0 Å². The predicted octanol–water partition coefficient (Wildman–Crippen LogP) is 3.65. The second kappa shape index (κ2) is 7.28. The lowest BCUT2D eigenvalue weighted by Gasteiger charge is -2.36. The molecule has 1 fully saturated rings. The van der Waals surface area contributed by atoms with Crippen LogP contribution in [-0.4, -0.2) is 24.0 Å². The fourth-order valence-corrected chi connectivity index (χ4v) is 3.03. The van der Waals surface area contributed by atoms with Gasteiger partial charge in [0.05, 0.1) is 12.8 Å². The zero-order valence-electron chi connectivity index (χ0n) is 13.5. The molecule has 1 aromatic heterocycles. The number of hydrogen-bond donors (Lipinski definition) is 1. The molecule has 2 heterocycles. The Balaban J connectivity index is 1.88. The summed E-state index contributed by atoms with van der Waals surface area (Å²) in [6.45, 7) is 13.3. The fraction of sp³-hybridized carbons (Fsp3) is 0.765. The molecule has 0 aliphatic carbocycles. The molecule has 0 amide bonds. The van der Waals surface area contributed by atoms with Crippen LogP contribution in [0.1, 0.15) is 51.9 Å². The molecule has 0 saturated carbocycles. The molecule has 1 saturated heterocycles. The third-order valence-electron chi connectivity index (χ3n) is 4.33. The molecule has 0 bridgehead atoms. The summed E-state index contributed by atoms with van der Waals surface area (Å²) in [6.07, 6.45) is 4.45. The number of nitrogens with zero attached hydrogens (tertiary/aromatic N) is 1. The number of rotatable bonds is 6. The first-order valence-electron chi connectivity index (χ1n) is 8.06. The maximum absolute atomic E-state index is 5.72. The van der Waals surface area contributed by atoms with Crippen molar-refractivity contribution in [2.75, 3.05) is 13.1 Å². The van der Waals surface area contributed by atoms with E-state index in [9.17, 15) is 0 Å². The minimum absolute atomic E-state index is 0.667. The Hall–Kier alpha value is -0.800. The van der Waals surface area contributed by atoms with Gasteiger partial charge in [0.25, 0.3) is 0 Å². The maximum atomic E-state index is 5.72. The Morgan fingerprint density at radius 3 is 2.90 bits per heavy atom. The second-order valence-electron chi connectivity index (χ2n) is 6.84. The van der Waals surface area contributed by atoms with Crippen LogP contribution in [0.5, 0.6) is 0 Å². The van der Waals surface area contributed by atoms with E-state index in [1.807, 2.05) is 6.26 Å². The summed E-state index contributed by atoms with van der Waals surface area (Å²) in [5, 5.41) is 3.50. The van der Waals surface area contributed by atoms with Gasteiger partial charge in [-0.2, -0.15) is 0 Å². The van der Waals surface area contributed by atoms with Crippen LogP contribution in [0.25, 0.3) is 0 Å². The van der Waals surface area contributed by atoms with Crippen molar-refractivity contribution in [3.05, 3.63) is 23.7 Å². The number of hydrogen-bond acceptors (Lipinski definition) is 3. The topological polar surface area (TPSA) is 28.4 Å². The highest BCUT2D eigenvalue weighted by Crippen LogP contribution is 2.25. The summed E-state index contributed by atoms with van der Waals surface area (Å²) in [4.78, 5) is 2.56. The number of nitrogens with one attached hydrogen (secondary N) is 1. The molecule has 2 rings (SSSR count). The van der Waals surface area contributed by atoms with Crippen LogP contribution >= 0.6 is 0 Å². The van der Waals surface area contributed by atoms with Crippen molar-refractivity contribution in [3.63, 3.8) is 0 Å². The highest BCUT2D eigenvalue weighted by molar-refractivity contribution is 5.17. The van der Waals surface area contributed by atoms with Crippen LogP contribution in [0.15, 0.2) is 16.7 Å². The van der Waals surface area contributed by atoms with E-state index in [-0.39, 0.29) is 0 Å². The van der Waals surface area contributed by atoms with Gasteiger partial charge in [-0.15, -0.1) is 0 Å². The van der Waals surface area contributed by atoms with Crippen molar-refractivity contribution in [2.45, 2.75) is 59.7 Å². The standard InChI is InChI=1S/C17H30N2O/c1-13(2)10-18-11-16-6-8-20-17(16)12-19-7-5-14(3)9-15(19)4/h6,8,13-15,18H,5,7,9-12H2,1-4H3. The van der Waals surface area contributed by atoms with Crippen molar-refractivity contribution in [1.82, 2.24) is 10.2 Å². The first-order valence-corrected chi connectivity index (χ1v) is 8.06. The minimum atomic E-state index is 0.667. The monoisotopic (exact) mass is 278 g/mol. The Kier molecular flexibility index (Phi) is 5.67. The smallest absolute Gasteiger partial charge is 0.122 e. The summed E-state index contributed by atoms with van der Waals surface area (Å²) < 4.78 is 5.72. The number of furan rings is 1. The third kappa shape index (κ3) is 4.35. The van der Waals surface area contributed by atoms with Crippen molar-refractivity contribution in [3.8, 4) is 0 Å². The lowest BCUT2D eigenvalue weighted by atomic mass is 9.93.